The zero-order valence-corrected chi connectivity index (χ0v) is 16.4. The lowest BCUT2D eigenvalue weighted by atomic mass is 10.2. The molecule has 10 nitrogen and oxygen atoms in total. The number of anilines is 1. The first-order valence-electron chi connectivity index (χ1n) is 7.98. The summed E-state index contributed by atoms with van der Waals surface area (Å²) in [5.41, 5.74) is 1.42. The summed E-state index contributed by atoms with van der Waals surface area (Å²) in [4.78, 5) is 32.0. The molecule has 0 saturated carbocycles. The fraction of sp³-hybridized carbons (Fsp3) is 0.188. The molecule has 0 saturated heterocycles. The van der Waals surface area contributed by atoms with E-state index in [1.807, 2.05) is 0 Å². The molecule has 12 heteroatoms. The van der Waals surface area contributed by atoms with Gasteiger partial charge in [-0.1, -0.05) is 0 Å². The molecule has 1 unspecified atom stereocenters. The van der Waals surface area contributed by atoms with Crippen molar-refractivity contribution in [2.45, 2.75) is 10.9 Å². The second-order valence-electron chi connectivity index (χ2n) is 5.99. The molecule has 0 aliphatic rings. The minimum atomic E-state index is -1.22. The zero-order chi connectivity index (χ0) is 20.0. The molecule has 0 radical (unpaired) electrons. The van der Waals surface area contributed by atoms with Gasteiger partial charge in [-0.2, -0.15) is 5.10 Å². The van der Waals surface area contributed by atoms with Gasteiger partial charge in [0.1, 0.15) is 11.3 Å². The quantitative estimate of drug-likeness (QED) is 0.514. The molecule has 1 atom stereocenters. The number of rotatable bonds is 4. The van der Waals surface area contributed by atoms with Crippen molar-refractivity contribution in [3.8, 4) is 0 Å². The van der Waals surface area contributed by atoms with Crippen LogP contribution < -0.4 is 10.9 Å². The highest BCUT2D eigenvalue weighted by molar-refractivity contribution is 7.86. The Morgan fingerprint density at radius 1 is 1.43 bits per heavy atom. The van der Waals surface area contributed by atoms with E-state index in [-0.39, 0.29) is 17.9 Å². The van der Waals surface area contributed by atoms with Crippen LogP contribution in [0.5, 0.6) is 0 Å². The molecular weight excluding hydrogens is 404 g/mol. The van der Waals surface area contributed by atoms with Crippen molar-refractivity contribution in [2.75, 3.05) is 11.6 Å². The van der Waals surface area contributed by atoms with Gasteiger partial charge in [0.05, 0.1) is 28.2 Å². The minimum Gasteiger partial charge on any atom is -0.465 e. The number of fused-ring (bicyclic) bond motifs is 3. The lowest BCUT2D eigenvalue weighted by Crippen LogP contribution is -2.24. The largest absolute Gasteiger partial charge is 0.465 e. The Labute approximate surface area is 163 Å². The first-order chi connectivity index (χ1) is 13.3. The third-order valence-electron chi connectivity index (χ3n) is 4.14. The van der Waals surface area contributed by atoms with Crippen LogP contribution in [0.3, 0.4) is 0 Å². The van der Waals surface area contributed by atoms with Crippen LogP contribution in [0, 0.1) is 0 Å². The third-order valence-corrected chi connectivity index (χ3v) is 6.55. The highest BCUT2D eigenvalue weighted by Crippen LogP contribution is 2.31. The van der Waals surface area contributed by atoms with Crippen LogP contribution in [-0.4, -0.2) is 46.0 Å². The molecule has 4 aromatic rings. The molecule has 1 amide bonds. The van der Waals surface area contributed by atoms with Crippen molar-refractivity contribution in [2.24, 2.45) is 7.05 Å². The summed E-state index contributed by atoms with van der Waals surface area (Å²) in [6.45, 7) is 0.155. The highest BCUT2D eigenvalue weighted by Gasteiger charge is 2.19. The maximum atomic E-state index is 13.0. The van der Waals surface area contributed by atoms with Crippen LogP contribution in [0.4, 0.5) is 10.6 Å². The number of aryl methyl sites for hydroxylation is 1. The Hall–Kier alpha value is -3.12. The lowest BCUT2D eigenvalue weighted by Gasteiger charge is -2.07. The Balaban J connectivity index is 1.78. The smallest absolute Gasteiger partial charge is 0.410 e. The van der Waals surface area contributed by atoms with Crippen LogP contribution in [0.25, 0.3) is 21.3 Å². The van der Waals surface area contributed by atoms with Crippen LogP contribution in [0.1, 0.15) is 5.56 Å². The third kappa shape index (κ3) is 3.05. The number of thiazole rings is 1. The number of aromatic nitrogens is 5. The van der Waals surface area contributed by atoms with Crippen LogP contribution >= 0.6 is 11.3 Å². The second kappa shape index (κ2) is 6.80. The van der Waals surface area contributed by atoms with Gasteiger partial charge >= 0.3 is 6.09 Å². The van der Waals surface area contributed by atoms with Crippen molar-refractivity contribution in [1.82, 2.24) is 24.3 Å². The molecule has 0 fully saturated rings. The van der Waals surface area contributed by atoms with E-state index in [1.54, 1.807) is 36.2 Å². The molecule has 28 heavy (non-hydrogen) atoms. The van der Waals surface area contributed by atoms with Crippen molar-refractivity contribution in [1.29, 1.82) is 0 Å². The fourth-order valence-electron chi connectivity index (χ4n) is 2.93. The monoisotopic (exact) mass is 418 g/mol. The molecule has 144 valence electrons. The number of amides is 1. The molecule has 0 spiro atoms. The first kappa shape index (κ1) is 18.3. The summed E-state index contributed by atoms with van der Waals surface area (Å²) >= 11 is 1.29. The Bertz CT molecular complexity index is 1320. The predicted molar refractivity (Wildman–Crippen MR) is 105 cm³/mol. The van der Waals surface area contributed by atoms with E-state index in [9.17, 15) is 13.8 Å². The summed E-state index contributed by atoms with van der Waals surface area (Å²) in [6.07, 6.45) is 3.40. The Morgan fingerprint density at radius 3 is 2.93 bits per heavy atom. The minimum absolute atomic E-state index is 0.155. The summed E-state index contributed by atoms with van der Waals surface area (Å²) in [5.74, 6) is 0.169. The number of nitrogens with zero attached hydrogens (tertiary/aromatic N) is 5. The molecule has 4 aromatic heterocycles. The number of carbonyl (C=O) groups is 1. The molecule has 0 aromatic carbocycles. The topological polar surface area (TPSA) is 132 Å². The molecule has 0 aliphatic carbocycles. The van der Waals surface area contributed by atoms with Gasteiger partial charge in [-0.05, 0) is 17.7 Å². The number of carboxylic acid groups (broad SMARTS) is 1. The SMILES string of the molecule is Cn1c2nc(S(C)=O)sc2c2cnn(Cc3ccnc(NC(=O)O)c3)c(=O)c21. The second-order valence-corrected chi connectivity index (χ2v) is 8.55. The molecule has 2 N–H and O–H groups in total. The molecule has 4 heterocycles. The maximum Gasteiger partial charge on any atom is 0.410 e. The summed E-state index contributed by atoms with van der Waals surface area (Å²) in [6, 6.07) is 3.22. The number of pyridine rings is 1. The normalized spacial score (nSPS) is 12.5. The Kier molecular flexibility index (Phi) is 4.43. The van der Waals surface area contributed by atoms with Crippen LogP contribution in [0.15, 0.2) is 33.7 Å². The van der Waals surface area contributed by atoms with E-state index >= 15 is 0 Å². The van der Waals surface area contributed by atoms with E-state index in [1.165, 1.54) is 22.2 Å². The first-order valence-corrected chi connectivity index (χ1v) is 10.4. The fourth-order valence-corrected chi connectivity index (χ4v) is 4.70. The summed E-state index contributed by atoms with van der Waals surface area (Å²) in [7, 11) is 0.538. The van der Waals surface area contributed by atoms with Crippen molar-refractivity contribution in [3.63, 3.8) is 0 Å². The van der Waals surface area contributed by atoms with E-state index in [0.29, 0.717) is 26.5 Å². The predicted octanol–water partition coefficient (Wildman–Crippen LogP) is 1.62. The molecular formula is C16H14N6O4S2. The molecule has 0 bridgehead atoms. The van der Waals surface area contributed by atoms with E-state index in [0.717, 1.165) is 4.70 Å². The van der Waals surface area contributed by atoms with Gasteiger partial charge in [-0.15, -0.1) is 11.3 Å². The number of nitrogens with one attached hydrogen (secondary N) is 1. The van der Waals surface area contributed by atoms with E-state index in [4.69, 9.17) is 5.11 Å². The maximum absolute atomic E-state index is 13.0. The van der Waals surface area contributed by atoms with Gasteiger partial charge in [0.2, 0.25) is 0 Å². The van der Waals surface area contributed by atoms with Crippen molar-refractivity contribution >= 4 is 55.3 Å². The van der Waals surface area contributed by atoms with Gasteiger partial charge in [-0.3, -0.25) is 14.3 Å². The zero-order valence-electron chi connectivity index (χ0n) is 14.7. The van der Waals surface area contributed by atoms with Crippen LogP contribution in [0.2, 0.25) is 0 Å². The van der Waals surface area contributed by atoms with Crippen molar-refractivity contribution < 1.29 is 14.1 Å². The Morgan fingerprint density at radius 2 is 2.21 bits per heavy atom. The summed E-state index contributed by atoms with van der Waals surface area (Å²) in [5, 5.41) is 15.9. The van der Waals surface area contributed by atoms with Crippen molar-refractivity contribution in [3.05, 3.63) is 40.4 Å². The average molecular weight is 418 g/mol. The standard InChI is InChI=1S/C16H14N6O4S2/c1-21-11-9(12-13(21)20-16(27-12)28(2)26)6-18-22(14(11)23)7-8-3-4-17-10(5-8)19-15(24)25/h3-6H,7H2,1-2H3,(H,17,19)(H,24,25). The average Bonchev–Trinajstić information content (AvgIpc) is 3.17. The highest BCUT2D eigenvalue weighted by atomic mass is 32.2. The summed E-state index contributed by atoms with van der Waals surface area (Å²) < 4.78 is 16.0. The lowest BCUT2D eigenvalue weighted by molar-refractivity contribution is 0.209. The van der Waals surface area contributed by atoms with Gasteiger partial charge in [-0.25, -0.2) is 19.4 Å². The van der Waals surface area contributed by atoms with Crippen LogP contribution in [-0.2, 0) is 24.4 Å². The van der Waals surface area contributed by atoms with Gasteiger partial charge in [0.25, 0.3) is 5.56 Å². The van der Waals surface area contributed by atoms with Gasteiger partial charge in [0.15, 0.2) is 9.99 Å². The molecule has 4 rings (SSSR count). The number of hydrogen-bond acceptors (Lipinski definition) is 7. The van der Waals surface area contributed by atoms with Gasteiger partial charge < -0.3 is 9.67 Å². The van der Waals surface area contributed by atoms with Gasteiger partial charge in [0, 0.05) is 24.9 Å². The molecule has 0 aliphatic heterocycles. The van der Waals surface area contributed by atoms with E-state index in [2.05, 4.69) is 20.4 Å². The van der Waals surface area contributed by atoms with E-state index < -0.39 is 16.9 Å². The number of hydrogen-bond donors (Lipinski definition) is 2.